The van der Waals surface area contributed by atoms with Gasteiger partial charge in [-0.15, -0.1) is 0 Å². The van der Waals surface area contributed by atoms with Crippen molar-refractivity contribution >= 4 is 5.78 Å². The van der Waals surface area contributed by atoms with Crippen molar-refractivity contribution in [3.8, 4) is 0 Å². The number of rotatable bonds is 0. The Labute approximate surface area is 73.8 Å². The van der Waals surface area contributed by atoms with E-state index in [0.29, 0.717) is 0 Å². The second-order valence-electron chi connectivity index (χ2n) is 3.87. The summed E-state index contributed by atoms with van der Waals surface area (Å²) in [5.41, 5.74) is 6.87. The van der Waals surface area contributed by atoms with Crippen LogP contribution in [0.4, 0.5) is 0 Å². The van der Waals surface area contributed by atoms with Crippen LogP contribution in [0.15, 0.2) is 12.2 Å². The van der Waals surface area contributed by atoms with Crippen LogP contribution in [0.3, 0.4) is 0 Å². The molecule has 12 heavy (non-hydrogen) atoms. The highest BCUT2D eigenvalue weighted by molar-refractivity contribution is 5.86. The molecular formula is C10H17NO. The predicted molar refractivity (Wildman–Crippen MR) is 49.6 cm³/mol. The first-order chi connectivity index (χ1) is 5.46. The topological polar surface area (TPSA) is 43.1 Å². The zero-order valence-electron chi connectivity index (χ0n) is 8.00. The molecule has 0 heterocycles. The van der Waals surface area contributed by atoms with Gasteiger partial charge in [0.2, 0.25) is 0 Å². The van der Waals surface area contributed by atoms with Gasteiger partial charge < -0.3 is 5.73 Å². The fourth-order valence-corrected chi connectivity index (χ4v) is 1.78. The number of hydrogen-bond acceptors (Lipinski definition) is 2. The Bertz CT molecular complexity index is 178. The minimum atomic E-state index is -0.135. The van der Waals surface area contributed by atoms with Crippen LogP contribution >= 0.6 is 0 Å². The SMILES string of the molecule is C=C1C(C)C(C)C(=O)C(C)C1N. The molecule has 0 saturated heterocycles. The van der Waals surface area contributed by atoms with Crippen LogP contribution in [0, 0.1) is 17.8 Å². The Morgan fingerprint density at radius 2 is 1.67 bits per heavy atom. The summed E-state index contributed by atoms with van der Waals surface area (Å²) in [4.78, 5) is 11.6. The molecule has 4 unspecified atom stereocenters. The van der Waals surface area contributed by atoms with Gasteiger partial charge in [0.15, 0.2) is 0 Å². The second-order valence-corrected chi connectivity index (χ2v) is 3.87. The quantitative estimate of drug-likeness (QED) is 0.553. The lowest BCUT2D eigenvalue weighted by molar-refractivity contribution is -0.128. The minimum Gasteiger partial charge on any atom is -0.324 e. The van der Waals surface area contributed by atoms with Gasteiger partial charge in [0, 0.05) is 17.9 Å². The highest BCUT2D eigenvalue weighted by Gasteiger charge is 2.37. The first kappa shape index (κ1) is 9.46. The van der Waals surface area contributed by atoms with Gasteiger partial charge >= 0.3 is 0 Å². The number of nitrogens with two attached hydrogens (primary N) is 1. The van der Waals surface area contributed by atoms with Crippen LogP contribution in [0.25, 0.3) is 0 Å². The molecule has 4 atom stereocenters. The number of carbonyl (C=O) groups is 1. The summed E-state index contributed by atoms with van der Waals surface area (Å²) in [5, 5.41) is 0. The van der Waals surface area contributed by atoms with Crippen molar-refractivity contribution in [1.29, 1.82) is 0 Å². The van der Waals surface area contributed by atoms with E-state index in [1.165, 1.54) is 0 Å². The summed E-state index contributed by atoms with van der Waals surface area (Å²) in [6.45, 7) is 9.81. The molecule has 0 aliphatic heterocycles. The molecule has 1 fully saturated rings. The molecule has 1 rings (SSSR count). The number of Topliss-reactive ketones (excluding diaryl/α,β-unsaturated/α-hetero) is 1. The maximum absolute atomic E-state index is 11.6. The van der Waals surface area contributed by atoms with Crippen LogP contribution < -0.4 is 5.73 Å². The van der Waals surface area contributed by atoms with Crippen LogP contribution in [-0.2, 0) is 4.79 Å². The molecule has 0 bridgehead atoms. The van der Waals surface area contributed by atoms with E-state index in [4.69, 9.17) is 5.73 Å². The van der Waals surface area contributed by atoms with Gasteiger partial charge in [0.1, 0.15) is 5.78 Å². The number of ketones is 1. The van der Waals surface area contributed by atoms with Crippen molar-refractivity contribution in [3.05, 3.63) is 12.2 Å². The molecular weight excluding hydrogens is 150 g/mol. The van der Waals surface area contributed by atoms with E-state index in [1.54, 1.807) is 0 Å². The average Bonchev–Trinajstić information content (AvgIpc) is 2.08. The summed E-state index contributed by atoms with van der Waals surface area (Å²) in [7, 11) is 0. The van der Waals surface area contributed by atoms with Gasteiger partial charge in [-0.2, -0.15) is 0 Å². The Balaban J connectivity index is 2.91. The van der Waals surface area contributed by atoms with E-state index in [0.717, 1.165) is 5.57 Å². The maximum Gasteiger partial charge on any atom is 0.140 e. The molecule has 0 amide bonds. The first-order valence-corrected chi connectivity index (χ1v) is 4.44. The van der Waals surface area contributed by atoms with E-state index in [2.05, 4.69) is 6.58 Å². The van der Waals surface area contributed by atoms with Gasteiger partial charge in [0.05, 0.1) is 0 Å². The molecule has 0 aromatic carbocycles. The standard InChI is InChI=1S/C10H17NO/c1-5-6(2)9(11)8(4)10(12)7(5)3/h5,7-9H,2,11H2,1,3-4H3. The normalized spacial score (nSPS) is 43.3. The van der Waals surface area contributed by atoms with Crippen LogP contribution in [-0.4, -0.2) is 11.8 Å². The lowest BCUT2D eigenvalue weighted by Crippen LogP contribution is -2.46. The van der Waals surface area contributed by atoms with Gasteiger partial charge in [-0.1, -0.05) is 32.9 Å². The van der Waals surface area contributed by atoms with E-state index in [1.807, 2.05) is 20.8 Å². The molecule has 2 N–H and O–H groups in total. The second kappa shape index (κ2) is 3.02. The first-order valence-electron chi connectivity index (χ1n) is 4.44. The summed E-state index contributed by atoms with van der Waals surface area (Å²) >= 11 is 0. The molecule has 68 valence electrons. The fraction of sp³-hybridized carbons (Fsp3) is 0.700. The highest BCUT2D eigenvalue weighted by atomic mass is 16.1. The minimum absolute atomic E-state index is 0.0521. The Kier molecular flexibility index (Phi) is 2.38. The summed E-state index contributed by atoms with van der Waals surface area (Å²) in [5.74, 6) is 0.557. The van der Waals surface area contributed by atoms with Crippen LogP contribution in [0.1, 0.15) is 20.8 Å². The van der Waals surface area contributed by atoms with Crippen LogP contribution in [0.2, 0.25) is 0 Å². The van der Waals surface area contributed by atoms with Crippen molar-refractivity contribution < 1.29 is 4.79 Å². The lowest BCUT2D eigenvalue weighted by atomic mass is 9.70. The molecule has 0 aromatic heterocycles. The van der Waals surface area contributed by atoms with Gasteiger partial charge in [-0.05, 0) is 5.92 Å². The molecule has 0 radical (unpaired) electrons. The Hall–Kier alpha value is -0.630. The van der Waals surface area contributed by atoms with Crippen molar-refractivity contribution in [3.63, 3.8) is 0 Å². The van der Waals surface area contributed by atoms with Crippen molar-refractivity contribution in [2.45, 2.75) is 26.8 Å². The molecule has 1 aliphatic rings. The molecule has 0 aromatic rings. The van der Waals surface area contributed by atoms with Crippen molar-refractivity contribution in [1.82, 2.24) is 0 Å². The van der Waals surface area contributed by atoms with Gasteiger partial charge in [-0.25, -0.2) is 0 Å². The molecule has 1 saturated carbocycles. The highest BCUT2D eigenvalue weighted by Crippen LogP contribution is 2.32. The summed E-state index contributed by atoms with van der Waals surface area (Å²) in [6, 6.07) is -0.135. The van der Waals surface area contributed by atoms with Gasteiger partial charge in [0.25, 0.3) is 0 Å². The third-order valence-corrected chi connectivity index (χ3v) is 3.20. The number of hydrogen-bond donors (Lipinski definition) is 1. The predicted octanol–water partition coefficient (Wildman–Crippen LogP) is 1.36. The average molecular weight is 167 g/mol. The van der Waals surface area contributed by atoms with Crippen LogP contribution in [0.5, 0.6) is 0 Å². The monoisotopic (exact) mass is 167 g/mol. The number of carbonyl (C=O) groups excluding carboxylic acids is 1. The van der Waals surface area contributed by atoms with Gasteiger partial charge in [-0.3, -0.25) is 4.79 Å². The van der Waals surface area contributed by atoms with E-state index < -0.39 is 0 Å². The van der Waals surface area contributed by atoms with Crippen molar-refractivity contribution in [2.75, 3.05) is 0 Å². The Morgan fingerprint density at radius 3 is 2.17 bits per heavy atom. The van der Waals surface area contributed by atoms with E-state index >= 15 is 0 Å². The third-order valence-electron chi connectivity index (χ3n) is 3.20. The largest absolute Gasteiger partial charge is 0.324 e. The van der Waals surface area contributed by atoms with Crippen molar-refractivity contribution in [2.24, 2.45) is 23.5 Å². The maximum atomic E-state index is 11.6. The summed E-state index contributed by atoms with van der Waals surface area (Å²) in [6.07, 6.45) is 0. The van der Waals surface area contributed by atoms with E-state index in [-0.39, 0.29) is 29.6 Å². The molecule has 1 aliphatic carbocycles. The smallest absolute Gasteiger partial charge is 0.140 e. The molecule has 0 spiro atoms. The molecule has 2 nitrogen and oxygen atoms in total. The molecule has 2 heteroatoms. The third kappa shape index (κ3) is 1.20. The zero-order valence-corrected chi connectivity index (χ0v) is 8.00. The lowest BCUT2D eigenvalue weighted by Gasteiger charge is -2.35. The fourth-order valence-electron chi connectivity index (χ4n) is 1.78. The summed E-state index contributed by atoms with van der Waals surface area (Å²) < 4.78 is 0. The van der Waals surface area contributed by atoms with E-state index in [9.17, 15) is 4.79 Å². The zero-order chi connectivity index (χ0) is 9.46. The Morgan fingerprint density at radius 1 is 1.17 bits per heavy atom.